The minimum Gasteiger partial charge on any atom is -0.341 e. The van der Waals surface area contributed by atoms with Crippen molar-refractivity contribution in [3.8, 4) is 0 Å². The molecule has 0 aliphatic carbocycles. The molecule has 2 heterocycles. The highest BCUT2D eigenvalue weighted by Crippen LogP contribution is 2.29. The standard InChI is InChI=1S/C19H29N3O5S2/c1-15-6-8-17(9-7-15)29(26,27)22-12-4-5-18(22)19(23)21-13-10-16(11-14-21)20(2)28(3,24)25/h6-9,16,18H,4-5,10-14H2,1-3H3/t18-/m0/s1. The third-order valence-electron chi connectivity index (χ3n) is 5.93. The summed E-state index contributed by atoms with van der Waals surface area (Å²) >= 11 is 0. The molecule has 29 heavy (non-hydrogen) atoms. The molecule has 2 aliphatic rings. The van der Waals surface area contributed by atoms with E-state index < -0.39 is 26.1 Å². The second kappa shape index (κ2) is 8.33. The first-order chi connectivity index (χ1) is 13.5. The number of benzene rings is 1. The van der Waals surface area contributed by atoms with Crippen LogP contribution in [0.4, 0.5) is 0 Å². The van der Waals surface area contributed by atoms with Crippen LogP contribution in [0.3, 0.4) is 0 Å². The largest absolute Gasteiger partial charge is 0.341 e. The number of nitrogens with zero attached hydrogens (tertiary/aromatic N) is 3. The lowest BCUT2D eigenvalue weighted by Gasteiger charge is -2.37. The van der Waals surface area contributed by atoms with E-state index >= 15 is 0 Å². The van der Waals surface area contributed by atoms with Crippen molar-refractivity contribution >= 4 is 26.0 Å². The number of piperidine rings is 1. The molecule has 8 nitrogen and oxygen atoms in total. The molecule has 0 saturated carbocycles. The van der Waals surface area contributed by atoms with Crippen LogP contribution in [-0.2, 0) is 24.8 Å². The van der Waals surface area contributed by atoms with E-state index in [0.717, 1.165) is 5.56 Å². The van der Waals surface area contributed by atoms with Gasteiger partial charge in [-0.1, -0.05) is 17.7 Å². The molecule has 2 saturated heterocycles. The zero-order valence-electron chi connectivity index (χ0n) is 17.1. The maximum absolute atomic E-state index is 13.1. The predicted octanol–water partition coefficient (Wildman–Crippen LogP) is 1.03. The number of hydrogen-bond acceptors (Lipinski definition) is 5. The fourth-order valence-electron chi connectivity index (χ4n) is 4.05. The summed E-state index contributed by atoms with van der Waals surface area (Å²) in [5, 5.41) is 0. The molecule has 1 aromatic rings. The number of carbonyl (C=O) groups is 1. The summed E-state index contributed by atoms with van der Waals surface area (Å²) < 4.78 is 52.3. The maximum atomic E-state index is 13.1. The number of carbonyl (C=O) groups excluding carboxylic acids is 1. The van der Waals surface area contributed by atoms with Gasteiger partial charge in [-0.15, -0.1) is 0 Å². The van der Waals surface area contributed by atoms with E-state index in [9.17, 15) is 21.6 Å². The molecule has 2 fully saturated rings. The fourth-order valence-corrected chi connectivity index (χ4v) is 6.45. The van der Waals surface area contributed by atoms with Gasteiger partial charge in [-0.25, -0.2) is 21.1 Å². The minimum absolute atomic E-state index is 0.134. The monoisotopic (exact) mass is 443 g/mol. The van der Waals surface area contributed by atoms with Gasteiger partial charge in [0.2, 0.25) is 26.0 Å². The molecule has 0 N–H and O–H groups in total. The SMILES string of the molecule is Cc1ccc(S(=O)(=O)N2CCC[C@H]2C(=O)N2CCC(N(C)S(C)(=O)=O)CC2)cc1. The van der Waals surface area contributed by atoms with Crippen molar-refractivity contribution in [1.82, 2.24) is 13.5 Å². The lowest BCUT2D eigenvalue weighted by molar-refractivity contribution is -0.135. The van der Waals surface area contributed by atoms with Crippen LogP contribution in [-0.4, -0.2) is 81.3 Å². The molecule has 162 valence electrons. The molecule has 0 radical (unpaired) electrons. The van der Waals surface area contributed by atoms with Crippen LogP contribution in [0.2, 0.25) is 0 Å². The second-order valence-electron chi connectivity index (χ2n) is 7.92. The molecule has 10 heteroatoms. The van der Waals surface area contributed by atoms with Crippen molar-refractivity contribution in [2.24, 2.45) is 0 Å². The third-order valence-corrected chi connectivity index (χ3v) is 9.20. The third kappa shape index (κ3) is 4.65. The Kier molecular flexibility index (Phi) is 6.38. The molecule has 1 atom stereocenters. The Morgan fingerprint density at radius 1 is 1.00 bits per heavy atom. The van der Waals surface area contributed by atoms with Crippen molar-refractivity contribution in [2.75, 3.05) is 32.9 Å². The number of aryl methyl sites for hydroxylation is 1. The van der Waals surface area contributed by atoms with Gasteiger partial charge >= 0.3 is 0 Å². The first-order valence-corrected chi connectivity index (χ1v) is 13.1. The van der Waals surface area contributed by atoms with Gasteiger partial charge in [0.15, 0.2) is 0 Å². The van der Waals surface area contributed by atoms with Crippen molar-refractivity contribution in [3.63, 3.8) is 0 Å². The lowest BCUT2D eigenvalue weighted by Crippen LogP contribution is -2.52. The minimum atomic E-state index is -3.73. The van der Waals surface area contributed by atoms with Gasteiger partial charge in [0.25, 0.3) is 0 Å². The molecule has 0 bridgehead atoms. The van der Waals surface area contributed by atoms with Gasteiger partial charge in [0.1, 0.15) is 6.04 Å². The highest BCUT2D eigenvalue weighted by Gasteiger charge is 2.42. The molecule has 2 aliphatic heterocycles. The Bertz CT molecular complexity index is 952. The zero-order valence-corrected chi connectivity index (χ0v) is 18.7. The Morgan fingerprint density at radius 3 is 2.14 bits per heavy atom. The molecular weight excluding hydrogens is 414 g/mol. The van der Waals surface area contributed by atoms with Crippen LogP contribution in [0.5, 0.6) is 0 Å². The van der Waals surface area contributed by atoms with Gasteiger partial charge in [0, 0.05) is 32.7 Å². The van der Waals surface area contributed by atoms with E-state index in [0.29, 0.717) is 45.3 Å². The van der Waals surface area contributed by atoms with Crippen LogP contribution in [0, 0.1) is 6.92 Å². The normalized spacial score (nSPS) is 22.3. The van der Waals surface area contributed by atoms with Gasteiger partial charge in [-0.2, -0.15) is 4.31 Å². The Morgan fingerprint density at radius 2 is 1.59 bits per heavy atom. The topological polar surface area (TPSA) is 95.1 Å². The molecule has 1 aromatic carbocycles. The van der Waals surface area contributed by atoms with Crippen LogP contribution < -0.4 is 0 Å². The van der Waals surface area contributed by atoms with Crippen LogP contribution in [0.1, 0.15) is 31.2 Å². The van der Waals surface area contributed by atoms with Crippen LogP contribution >= 0.6 is 0 Å². The van der Waals surface area contributed by atoms with E-state index in [1.165, 1.54) is 14.9 Å². The average molecular weight is 444 g/mol. The lowest BCUT2D eigenvalue weighted by atomic mass is 10.0. The number of likely N-dealkylation sites (tertiary alicyclic amines) is 1. The number of amides is 1. The second-order valence-corrected chi connectivity index (χ2v) is 11.9. The summed E-state index contributed by atoms with van der Waals surface area (Å²) in [5.41, 5.74) is 0.972. The van der Waals surface area contributed by atoms with Crippen molar-refractivity contribution in [1.29, 1.82) is 0 Å². The fraction of sp³-hybridized carbons (Fsp3) is 0.632. The highest BCUT2D eigenvalue weighted by molar-refractivity contribution is 7.89. The van der Waals surface area contributed by atoms with Crippen LogP contribution in [0.25, 0.3) is 0 Å². The Balaban J connectivity index is 1.70. The van der Waals surface area contributed by atoms with E-state index in [-0.39, 0.29) is 16.8 Å². The van der Waals surface area contributed by atoms with Crippen LogP contribution in [0.15, 0.2) is 29.2 Å². The summed E-state index contributed by atoms with van der Waals surface area (Å²) in [5.74, 6) is -0.182. The van der Waals surface area contributed by atoms with Gasteiger partial charge in [0.05, 0.1) is 11.2 Å². The van der Waals surface area contributed by atoms with E-state index in [4.69, 9.17) is 0 Å². The van der Waals surface area contributed by atoms with Gasteiger partial charge in [-0.05, 0) is 44.7 Å². The maximum Gasteiger partial charge on any atom is 0.243 e. The first kappa shape index (κ1) is 22.2. The molecule has 0 spiro atoms. The summed E-state index contributed by atoms with van der Waals surface area (Å²) in [7, 11) is -5.45. The van der Waals surface area contributed by atoms with Gasteiger partial charge < -0.3 is 4.90 Å². The van der Waals surface area contributed by atoms with E-state index in [2.05, 4.69) is 0 Å². The van der Waals surface area contributed by atoms with E-state index in [1.807, 2.05) is 6.92 Å². The van der Waals surface area contributed by atoms with Crippen molar-refractivity contribution < 1.29 is 21.6 Å². The molecule has 3 rings (SSSR count). The molecular formula is C19H29N3O5S2. The molecule has 0 aromatic heterocycles. The predicted molar refractivity (Wildman–Crippen MR) is 110 cm³/mol. The van der Waals surface area contributed by atoms with E-state index in [1.54, 1.807) is 36.2 Å². The number of sulfonamides is 2. The zero-order chi connectivity index (χ0) is 21.4. The van der Waals surface area contributed by atoms with Crippen molar-refractivity contribution in [3.05, 3.63) is 29.8 Å². The van der Waals surface area contributed by atoms with Gasteiger partial charge in [-0.3, -0.25) is 4.79 Å². The number of rotatable bonds is 5. The molecule has 0 unspecified atom stereocenters. The summed E-state index contributed by atoms with van der Waals surface area (Å²) in [6.07, 6.45) is 3.43. The Hall–Kier alpha value is -1.49. The van der Waals surface area contributed by atoms with Crippen molar-refractivity contribution in [2.45, 2.75) is 49.6 Å². The first-order valence-electron chi connectivity index (χ1n) is 9.82. The number of hydrogen-bond donors (Lipinski definition) is 0. The summed E-state index contributed by atoms with van der Waals surface area (Å²) in [6.45, 7) is 3.08. The highest BCUT2D eigenvalue weighted by atomic mass is 32.2. The smallest absolute Gasteiger partial charge is 0.243 e. The molecule has 1 amide bonds. The quantitative estimate of drug-likeness (QED) is 0.677. The summed E-state index contributed by atoms with van der Waals surface area (Å²) in [6, 6.07) is 5.84. The summed E-state index contributed by atoms with van der Waals surface area (Å²) in [4.78, 5) is 15.0. The average Bonchev–Trinajstić information content (AvgIpc) is 3.17. The Labute approximate surface area is 173 Å².